The number of hydrogen-bond acceptors (Lipinski definition) is 5. The number of Topliss-reactive ketones (excluding diaryl/α,β-unsaturated/α-hetero) is 1. The third kappa shape index (κ3) is 6.56. The van der Waals surface area contributed by atoms with E-state index in [0.717, 1.165) is 0 Å². The molecular formula is C13H23N3O4. The average molecular weight is 285 g/mol. The van der Waals surface area contributed by atoms with Crippen LogP contribution in [0.15, 0.2) is 16.9 Å². The molecule has 0 fully saturated rings. The van der Waals surface area contributed by atoms with Gasteiger partial charge in [0.1, 0.15) is 5.78 Å². The Kier molecular flexibility index (Phi) is 8.63. The molecule has 0 saturated heterocycles. The SMILES string of the molecule is CC(=O)CC/C=C(/O)C(C)[C@@H](O)[C@H](O)C(C)CN=[N+]=[N-]. The van der Waals surface area contributed by atoms with Gasteiger partial charge in [-0.2, -0.15) is 0 Å². The molecule has 2 unspecified atom stereocenters. The molecule has 7 heteroatoms. The molecule has 3 N–H and O–H groups in total. The van der Waals surface area contributed by atoms with E-state index >= 15 is 0 Å². The number of aliphatic hydroxyl groups excluding tert-OH is 3. The summed E-state index contributed by atoms with van der Waals surface area (Å²) in [6, 6.07) is 0. The van der Waals surface area contributed by atoms with Crippen LogP contribution >= 0.6 is 0 Å². The second kappa shape index (κ2) is 9.36. The van der Waals surface area contributed by atoms with Gasteiger partial charge >= 0.3 is 0 Å². The van der Waals surface area contributed by atoms with Crippen molar-refractivity contribution in [1.82, 2.24) is 0 Å². The van der Waals surface area contributed by atoms with Crippen LogP contribution in [0, 0.1) is 11.8 Å². The highest BCUT2D eigenvalue weighted by atomic mass is 16.3. The Morgan fingerprint density at radius 3 is 2.45 bits per heavy atom. The first-order valence-corrected chi connectivity index (χ1v) is 6.56. The first-order chi connectivity index (χ1) is 9.31. The monoisotopic (exact) mass is 285 g/mol. The zero-order valence-electron chi connectivity index (χ0n) is 12.1. The second-order valence-corrected chi connectivity index (χ2v) is 5.03. The van der Waals surface area contributed by atoms with E-state index in [1.54, 1.807) is 13.8 Å². The van der Waals surface area contributed by atoms with Crippen LogP contribution in [0.4, 0.5) is 0 Å². The molecule has 0 aliphatic carbocycles. The van der Waals surface area contributed by atoms with Gasteiger partial charge < -0.3 is 20.1 Å². The van der Waals surface area contributed by atoms with Gasteiger partial charge in [0.15, 0.2) is 0 Å². The third-order valence-electron chi connectivity index (χ3n) is 3.19. The maximum Gasteiger partial charge on any atom is 0.130 e. The quantitative estimate of drug-likeness (QED) is 0.259. The molecule has 4 atom stereocenters. The lowest BCUT2D eigenvalue weighted by Crippen LogP contribution is -2.38. The fourth-order valence-electron chi connectivity index (χ4n) is 1.69. The van der Waals surface area contributed by atoms with Crippen molar-refractivity contribution in [2.24, 2.45) is 17.0 Å². The summed E-state index contributed by atoms with van der Waals surface area (Å²) in [6.07, 6.45) is -0.0999. The van der Waals surface area contributed by atoms with Gasteiger partial charge in [-0.25, -0.2) is 0 Å². The van der Waals surface area contributed by atoms with Crippen molar-refractivity contribution in [1.29, 1.82) is 0 Å². The summed E-state index contributed by atoms with van der Waals surface area (Å²) in [7, 11) is 0. The molecule has 0 aromatic carbocycles. The van der Waals surface area contributed by atoms with Crippen LogP contribution in [-0.2, 0) is 4.79 Å². The standard InChI is InChI=1S/C13H23N3O4/c1-8(7-15-16-14)12(19)13(20)10(3)11(18)6-4-5-9(2)17/h6,8,10,12-13,18-20H,4-5,7H2,1-3H3/b11-6+/t8?,10?,12-,13-/m1/s1. The summed E-state index contributed by atoms with van der Waals surface area (Å²) < 4.78 is 0. The number of azide groups is 1. The first kappa shape index (κ1) is 18.4. The number of hydrogen-bond donors (Lipinski definition) is 3. The zero-order valence-corrected chi connectivity index (χ0v) is 12.1. The van der Waals surface area contributed by atoms with E-state index < -0.39 is 24.0 Å². The highest BCUT2D eigenvalue weighted by Crippen LogP contribution is 2.20. The van der Waals surface area contributed by atoms with Crippen LogP contribution in [0.5, 0.6) is 0 Å². The number of rotatable bonds is 9. The molecule has 0 bridgehead atoms. The Morgan fingerprint density at radius 1 is 1.35 bits per heavy atom. The van der Waals surface area contributed by atoms with Crippen molar-refractivity contribution in [3.8, 4) is 0 Å². The van der Waals surface area contributed by atoms with Gasteiger partial charge in [0, 0.05) is 23.8 Å². The Hall–Kier alpha value is -1.56. The minimum atomic E-state index is -1.17. The van der Waals surface area contributed by atoms with Gasteiger partial charge in [-0.05, 0) is 30.9 Å². The van der Waals surface area contributed by atoms with Crippen molar-refractivity contribution in [3.63, 3.8) is 0 Å². The summed E-state index contributed by atoms with van der Waals surface area (Å²) in [5.41, 5.74) is 8.21. The number of allylic oxidation sites excluding steroid dienone is 1. The first-order valence-electron chi connectivity index (χ1n) is 6.56. The van der Waals surface area contributed by atoms with Gasteiger partial charge in [0.25, 0.3) is 0 Å². The molecule has 0 rings (SSSR count). The van der Waals surface area contributed by atoms with Crippen LogP contribution in [-0.4, -0.2) is 39.9 Å². The molecule has 0 aromatic heterocycles. The smallest absolute Gasteiger partial charge is 0.130 e. The van der Waals surface area contributed by atoms with Crippen LogP contribution in [0.3, 0.4) is 0 Å². The number of nitrogens with zero attached hydrogens (tertiary/aromatic N) is 3. The van der Waals surface area contributed by atoms with E-state index in [1.807, 2.05) is 0 Å². The lowest BCUT2D eigenvalue weighted by molar-refractivity contribution is -0.116. The fourth-order valence-corrected chi connectivity index (χ4v) is 1.69. The molecule has 0 radical (unpaired) electrons. The number of aliphatic hydroxyl groups is 3. The summed E-state index contributed by atoms with van der Waals surface area (Å²) in [4.78, 5) is 13.4. The largest absolute Gasteiger partial charge is 0.512 e. The fraction of sp³-hybridized carbons (Fsp3) is 0.769. The van der Waals surface area contributed by atoms with Crippen molar-refractivity contribution < 1.29 is 20.1 Å². The molecule has 0 aromatic rings. The summed E-state index contributed by atoms with van der Waals surface area (Å²) in [5.74, 6) is -1.13. The molecule has 20 heavy (non-hydrogen) atoms. The number of ketones is 1. The lowest BCUT2D eigenvalue weighted by Gasteiger charge is -2.27. The topological polar surface area (TPSA) is 127 Å². The van der Waals surface area contributed by atoms with E-state index in [0.29, 0.717) is 12.8 Å². The van der Waals surface area contributed by atoms with Crippen LogP contribution in [0.25, 0.3) is 10.4 Å². The van der Waals surface area contributed by atoms with E-state index in [-0.39, 0.29) is 18.1 Å². The van der Waals surface area contributed by atoms with E-state index in [1.165, 1.54) is 13.0 Å². The van der Waals surface area contributed by atoms with Gasteiger partial charge in [0.05, 0.1) is 18.0 Å². The molecule has 7 nitrogen and oxygen atoms in total. The van der Waals surface area contributed by atoms with Crippen molar-refractivity contribution in [2.45, 2.75) is 45.8 Å². The summed E-state index contributed by atoms with van der Waals surface area (Å²) in [6.45, 7) is 4.75. The molecule has 0 saturated carbocycles. The summed E-state index contributed by atoms with van der Waals surface area (Å²) in [5, 5.41) is 33.1. The Balaban J connectivity index is 4.53. The zero-order chi connectivity index (χ0) is 15.7. The number of carbonyl (C=O) groups excluding carboxylic acids is 1. The predicted molar refractivity (Wildman–Crippen MR) is 75.0 cm³/mol. The minimum Gasteiger partial charge on any atom is -0.512 e. The molecule has 0 heterocycles. The predicted octanol–water partition coefficient (Wildman–Crippen LogP) is 2.10. The number of carbonyl (C=O) groups is 1. The summed E-state index contributed by atoms with van der Waals surface area (Å²) >= 11 is 0. The molecule has 114 valence electrons. The maximum absolute atomic E-state index is 10.8. The molecule has 0 aliphatic heterocycles. The molecule has 0 spiro atoms. The van der Waals surface area contributed by atoms with E-state index in [2.05, 4.69) is 10.0 Å². The molecular weight excluding hydrogens is 262 g/mol. The van der Waals surface area contributed by atoms with E-state index in [9.17, 15) is 20.1 Å². The average Bonchev–Trinajstić information content (AvgIpc) is 2.41. The maximum atomic E-state index is 10.8. The lowest BCUT2D eigenvalue weighted by atomic mass is 9.90. The van der Waals surface area contributed by atoms with Crippen LogP contribution in [0.2, 0.25) is 0 Å². The Bertz CT molecular complexity index is 391. The normalized spacial score (nSPS) is 17.8. The minimum absolute atomic E-state index is 0.0188. The van der Waals surface area contributed by atoms with Crippen molar-refractivity contribution in [3.05, 3.63) is 22.3 Å². The molecule has 0 aliphatic rings. The van der Waals surface area contributed by atoms with Crippen LogP contribution < -0.4 is 0 Å². The van der Waals surface area contributed by atoms with Crippen molar-refractivity contribution >= 4 is 5.78 Å². The van der Waals surface area contributed by atoms with Gasteiger partial charge in [-0.15, -0.1) is 0 Å². The van der Waals surface area contributed by atoms with Gasteiger partial charge in [-0.3, -0.25) is 0 Å². The second-order valence-electron chi connectivity index (χ2n) is 5.03. The van der Waals surface area contributed by atoms with Crippen LogP contribution in [0.1, 0.15) is 33.6 Å². The van der Waals surface area contributed by atoms with Gasteiger partial charge in [0.2, 0.25) is 0 Å². The Morgan fingerprint density at radius 2 is 1.95 bits per heavy atom. The van der Waals surface area contributed by atoms with E-state index in [4.69, 9.17) is 5.53 Å². The Labute approximate surface area is 118 Å². The third-order valence-corrected chi connectivity index (χ3v) is 3.19. The highest BCUT2D eigenvalue weighted by Gasteiger charge is 2.29. The van der Waals surface area contributed by atoms with Crippen molar-refractivity contribution in [2.75, 3.05) is 6.54 Å². The molecule has 0 amide bonds. The highest BCUT2D eigenvalue weighted by molar-refractivity contribution is 5.75. The van der Waals surface area contributed by atoms with Gasteiger partial charge in [-0.1, -0.05) is 19.0 Å².